The molecule has 0 bridgehead atoms. The number of nitrogens with zero attached hydrogens (tertiary/aromatic N) is 2. The number of benzene rings is 1. The Balaban J connectivity index is 1.49. The number of carbonyl (C=O) groups is 1. The van der Waals surface area contributed by atoms with E-state index in [2.05, 4.69) is 49.7 Å². The highest BCUT2D eigenvalue weighted by Crippen LogP contribution is 2.35. The van der Waals surface area contributed by atoms with Crippen molar-refractivity contribution in [3.05, 3.63) is 29.1 Å². The molecule has 4 rings (SSSR count). The zero-order valence-electron chi connectivity index (χ0n) is 16.5. The lowest BCUT2D eigenvalue weighted by Crippen LogP contribution is -2.31. The summed E-state index contributed by atoms with van der Waals surface area (Å²) in [7, 11) is 0. The molecule has 1 fully saturated rings. The Hall–Kier alpha value is -1.88. The quantitative estimate of drug-likeness (QED) is 0.759. The summed E-state index contributed by atoms with van der Waals surface area (Å²) in [5.41, 5.74) is 4.53. The summed E-state index contributed by atoms with van der Waals surface area (Å²) in [6.07, 6.45) is 6.67. The standard InChI is InChI=1S/C22H29N3OS/c1-22(2,3)13-20(26)25-11-10-16-12-15(8-9-19(16)25)18-14-27-21(24-18)23-17-6-4-5-7-17/h8-9,12,14,17H,4-7,10-11,13H2,1-3H3,(H,23,24). The third kappa shape index (κ3) is 4.18. The zero-order chi connectivity index (χ0) is 19.0. The molecule has 0 spiro atoms. The minimum Gasteiger partial charge on any atom is -0.359 e. The molecule has 5 heteroatoms. The summed E-state index contributed by atoms with van der Waals surface area (Å²) in [6, 6.07) is 7.01. The summed E-state index contributed by atoms with van der Waals surface area (Å²) in [5.74, 6) is 0.228. The number of nitrogens with one attached hydrogen (secondary N) is 1. The lowest BCUT2D eigenvalue weighted by Gasteiger charge is -2.23. The topological polar surface area (TPSA) is 45.2 Å². The van der Waals surface area contributed by atoms with Gasteiger partial charge < -0.3 is 10.2 Å². The molecule has 1 aliphatic carbocycles. The smallest absolute Gasteiger partial charge is 0.227 e. The summed E-state index contributed by atoms with van der Waals surface area (Å²) in [5, 5.41) is 6.74. The van der Waals surface area contributed by atoms with Gasteiger partial charge in [-0.2, -0.15) is 0 Å². The summed E-state index contributed by atoms with van der Waals surface area (Å²) < 4.78 is 0. The minimum atomic E-state index is 0.0170. The van der Waals surface area contributed by atoms with Crippen LogP contribution in [-0.4, -0.2) is 23.5 Å². The molecule has 0 radical (unpaired) electrons. The van der Waals surface area contributed by atoms with Crippen LogP contribution in [0.25, 0.3) is 11.3 Å². The van der Waals surface area contributed by atoms with Crippen LogP contribution in [0, 0.1) is 5.41 Å². The van der Waals surface area contributed by atoms with Gasteiger partial charge in [-0.05, 0) is 42.4 Å². The predicted octanol–water partition coefficient (Wildman–Crippen LogP) is 5.49. The number of hydrogen-bond donors (Lipinski definition) is 1. The molecule has 0 saturated heterocycles. The van der Waals surface area contributed by atoms with Crippen LogP contribution in [0.2, 0.25) is 0 Å². The molecule has 27 heavy (non-hydrogen) atoms. The number of thiazole rings is 1. The highest BCUT2D eigenvalue weighted by molar-refractivity contribution is 7.14. The zero-order valence-corrected chi connectivity index (χ0v) is 17.4. The number of anilines is 2. The van der Waals surface area contributed by atoms with E-state index in [4.69, 9.17) is 4.98 Å². The molecule has 2 aliphatic rings. The number of hydrogen-bond acceptors (Lipinski definition) is 4. The Morgan fingerprint density at radius 2 is 2.07 bits per heavy atom. The lowest BCUT2D eigenvalue weighted by molar-refractivity contribution is -0.120. The summed E-state index contributed by atoms with van der Waals surface area (Å²) >= 11 is 1.69. The maximum atomic E-state index is 12.7. The third-order valence-corrected chi connectivity index (χ3v) is 6.21. The van der Waals surface area contributed by atoms with E-state index in [-0.39, 0.29) is 11.3 Å². The van der Waals surface area contributed by atoms with Gasteiger partial charge in [-0.25, -0.2) is 4.98 Å². The Bertz CT molecular complexity index is 830. The Morgan fingerprint density at radius 3 is 2.81 bits per heavy atom. The highest BCUT2D eigenvalue weighted by Gasteiger charge is 2.28. The number of fused-ring (bicyclic) bond motifs is 1. The molecule has 1 N–H and O–H groups in total. The molecular weight excluding hydrogens is 354 g/mol. The summed E-state index contributed by atoms with van der Waals surface area (Å²) in [6.45, 7) is 7.14. The fraction of sp³-hybridized carbons (Fsp3) is 0.545. The first-order valence-corrected chi connectivity index (χ1v) is 10.9. The second-order valence-electron chi connectivity index (χ2n) is 9.04. The van der Waals surface area contributed by atoms with Gasteiger partial charge in [0.05, 0.1) is 5.69 Å². The third-order valence-electron chi connectivity index (χ3n) is 5.44. The van der Waals surface area contributed by atoms with Crippen molar-refractivity contribution in [1.82, 2.24) is 4.98 Å². The number of rotatable bonds is 4. The molecule has 0 atom stereocenters. The minimum absolute atomic E-state index is 0.0170. The van der Waals surface area contributed by atoms with Crippen molar-refractivity contribution in [3.63, 3.8) is 0 Å². The summed E-state index contributed by atoms with van der Waals surface area (Å²) in [4.78, 5) is 19.4. The molecule has 144 valence electrons. The van der Waals surface area contributed by atoms with Gasteiger partial charge in [-0.15, -0.1) is 11.3 Å². The van der Waals surface area contributed by atoms with Crippen LogP contribution in [0.15, 0.2) is 23.6 Å². The van der Waals surface area contributed by atoms with E-state index in [1.807, 2.05) is 4.90 Å². The monoisotopic (exact) mass is 383 g/mol. The van der Waals surface area contributed by atoms with Gasteiger partial charge in [-0.3, -0.25) is 4.79 Å². The lowest BCUT2D eigenvalue weighted by atomic mass is 9.91. The molecule has 1 saturated carbocycles. The van der Waals surface area contributed by atoms with Gasteiger partial charge in [0.1, 0.15) is 0 Å². The molecule has 2 heterocycles. The number of aromatic nitrogens is 1. The average Bonchev–Trinajstić information content (AvgIpc) is 3.33. The van der Waals surface area contributed by atoms with Crippen LogP contribution in [0.3, 0.4) is 0 Å². The van der Waals surface area contributed by atoms with E-state index in [1.54, 1.807) is 11.3 Å². The Kier molecular flexibility index (Phi) is 4.97. The number of carbonyl (C=O) groups excluding carboxylic acids is 1. The predicted molar refractivity (Wildman–Crippen MR) is 114 cm³/mol. The van der Waals surface area contributed by atoms with E-state index in [0.717, 1.165) is 35.0 Å². The molecular formula is C22H29N3OS. The first kappa shape index (κ1) is 18.5. The normalized spacial score (nSPS) is 17.4. The molecule has 2 aromatic rings. The van der Waals surface area contributed by atoms with E-state index >= 15 is 0 Å². The second kappa shape index (κ2) is 7.27. The maximum Gasteiger partial charge on any atom is 0.227 e. The van der Waals surface area contributed by atoms with E-state index in [9.17, 15) is 4.79 Å². The van der Waals surface area contributed by atoms with Crippen molar-refractivity contribution in [2.45, 2.75) is 65.3 Å². The molecule has 1 amide bonds. The fourth-order valence-electron chi connectivity index (χ4n) is 4.09. The van der Waals surface area contributed by atoms with Crippen LogP contribution in [-0.2, 0) is 11.2 Å². The molecule has 4 nitrogen and oxygen atoms in total. The van der Waals surface area contributed by atoms with Crippen molar-refractivity contribution in [1.29, 1.82) is 0 Å². The first-order chi connectivity index (χ1) is 12.9. The van der Waals surface area contributed by atoms with Crippen LogP contribution in [0.4, 0.5) is 10.8 Å². The average molecular weight is 384 g/mol. The van der Waals surface area contributed by atoms with Crippen molar-refractivity contribution >= 4 is 28.1 Å². The van der Waals surface area contributed by atoms with Crippen LogP contribution in [0.1, 0.15) is 58.4 Å². The Labute approximate surface area is 166 Å². The SMILES string of the molecule is CC(C)(C)CC(=O)N1CCc2cc(-c3csc(NC4CCCC4)n3)ccc21. The van der Waals surface area contributed by atoms with Gasteiger partial charge in [0, 0.05) is 35.6 Å². The molecule has 1 aromatic heterocycles. The maximum absolute atomic E-state index is 12.7. The first-order valence-electron chi connectivity index (χ1n) is 10.0. The molecule has 1 aromatic carbocycles. The van der Waals surface area contributed by atoms with E-state index in [1.165, 1.54) is 31.2 Å². The van der Waals surface area contributed by atoms with Crippen molar-refractivity contribution in [2.75, 3.05) is 16.8 Å². The highest BCUT2D eigenvalue weighted by atomic mass is 32.1. The van der Waals surface area contributed by atoms with Crippen LogP contribution < -0.4 is 10.2 Å². The fourth-order valence-corrected chi connectivity index (χ4v) is 4.88. The van der Waals surface area contributed by atoms with Crippen molar-refractivity contribution in [3.8, 4) is 11.3 Å². The largest absolute Gasteiger partial charge is 0.359 e. The Morgan fingerprint density at radius 1 is 1.30 bits per heavy atom. The van der Waals surface area contributed by atoms with Crippen LogP contribution in [0.5, 0.6) is 0 Å². The second-order valence-corrected chi connectivity index (χ2v) is 9.90. The molecule has 1 aliphatic heterocycles. The van der Waals surface area contributed by atoms with E-state index < -0.39 is 0 Å². The van der Waals surface area contributed by atoms with Crippen molar-refractivity contribution < 1.29 is 4.79 Å². The van der Waals surface area contributed by atoms with Crippen molar-refractivity contribution in [2.24, 2.45) is 5.41 Å². The van der Waals surface area contributed by atoms with Gasteiger partial charge in [0.15, 0.2) is 5.13 Å². The van der Waals surface area contributed by atoms with Gasteiger partial charge in [0.2, 0.25) is 5.91 Å². The van der Waals surface area contributed by atoms with Gasteiger partial charge in [-0.1, -0.05) is 39.7 Å². The van der Waals surface area contributed by atoms with Gasteiger partial charge in [0.25, 0.3) is 0 Å². The number of amides is 1. The molecule has 0 unspecified atom stereocenters. The van der Waals surface area contributed by atoms with Gasteiger partial charge >= 0.3 is 0 Å². The van der Waals surface area contributed by atoms with E-state index in [0.29, 0.717) is 12.5 Å². The van der Waals surface area contributed by atoms with Crippen LogP contribution >= 0.6 is 11.3 Å².